The van der Waals surface area contributed by atoms with Crippen LogP contribution in [0.5, 0.6) is 5.75 Å². The number of fused-ring (bicyclic) bond motifs is 2. The minimum Gasteiger partial charge on any atom is -0.486 e. The molecule has 3 heterocycles. The molecule has 2 aliphatic heterocycles. The van der Waals surface area contributed by atoms with Gasteiger partial charge in [0.1, 0.15) is 30.3 Å². The summed E-state index contributed by atoms with van der Waals surface area (Å²) in [4.78, 5) is 11.1. The van der Waals surface area contributed by atoms with Crippen molar-refractivity contribution in [2.45, 2.75) is 13.5 Å². The van der Waals surface area contributed by atoms with E-state index in [1.54, 1.807) is 6.33 Å². The Hall–Kier alpha value is -1.86. The molecular formula is C16H17BrN4O2. The molecule has 6 nitrogen and oxygen atoms in total. The summed E-state index contributed by atoms with van der Waals surface area (Å²) in [7, 11) is 0. The van der Waals surface area contributed by atoms with Gasteiger partial charge >= 0.3 is 0 Å². The van der Waals surface area contributed by atoms with Crippen LogP contribution in [-0.2, 0) is 11.3 Å². The Balaban J connectivity index is 1.75. The van der Waals surface area contributed by atoms with Crippen LogP contribution < -0.4 is 15.0 Å². The number of aromatic nitrogens is 2. The molecule has 0 unspecified atom stereocenters. The quantitative estimate of drug-likeness (QED) is 0.825. The molecule has 0 radical (unpaired) electrons. The van der Waals surface area contributed by atoms with E-state index in [9.17, 15) is 0 Å². The lowest BCUT2D eigenvalue weighted by Crippen LogP contribution is -2.37. The first kappa shape index (κ1) is 14.7. The highest BCUT2D eigenvalue weighted by Crippen LogP contribution is 2.39. The predicted molar refractivity (Wildman–Crippen MR) is 91.6 cm³/mol. The summed E-state index contributed by atoms with van der Waals surface area (Å²) < 4.78 is 12.5. The van der Waals surface area contributed by atoms with Crippen molar-refractivity contribution < 1.29 is 9.47 Å². The molecule has 0 spiro atoms. The number of morpholine rings is 1. The van der Waals surface area contributed by atoms with Gasteiger partial charge in [-0.1, -0.05) is 15.9 Å². The van der Waals surface area contributed by atoms with E-state index in [4.69, 9.17) is 9.47 Å². The van der Waals surface area contributed by atoms with Gasteiger partial charge < -0.3 is 19.7 Å². The smallest absolute Gasteiger partial charge is 0.146 e. The zero-order chi connectivity index (χ0) is 15.8. The first-order valence-corrected chi connectivity index (χ1v) is 8.38. The van der Waals surface area contributed by atoms with Gasteiger partial charge in [0.25, 0.3) is 0 Å². The number of nitrogens with one attached hydrogen (secondary N) is 1. The molecule has 0 atom stereocenters. The van der Waals surface area contributed by atoms with Crippen molar-refractivity contribution in [1.82, 2.24) is 9.97 Å². The lowest BCUT2D eigenvalue weighted by Gasteiger charge is -2.29. The third kappa shape index (κ3) is 2.74. The molecule has 0 amide bonds. The highest BCUT2D eigenvalue weighted by Gasteiger charge is 2.24. The largest absolute Gasteiger partial charge is 0.486 e. The second-order valence-electron chi connectivity index (χ2n) is 5.64. The molecule has 2 aliphatic rings. The van der Waals surface area contributed by atoms with Crippen molar-refractivity contribution in [1.29, 1.82) is 0 Å². The third-order valence-electron chi connectivity index (χ3n) is 4.09. The number of anilines is 3. The maximum Gasteiger partial charge on any atom is 0.146 e. The van der Waals surface area contributed by atoms with Gasteiger partial charge in [0.05, 0.1) is 24.5 Å². The van der Waals surface area contributed by atoms with Crippen LogP contribution in [0.1, 0.15) is 11.1 Å². The summed E-state index contributed by atoms with van der Waals surface area (Å²) in [6, 6.07) is 4.05. The Bertz CT molecular complexity index is 747. The maximum absolute atomic E-state index is 6.07. The molecule has 2 aromatic rings. The molecule has 1 aromatic carbocycles. The van der Waals surface area contributed by atoms with E-state index in [1.165, 1.54) is 0 Å². The summed E-state index contributed by atoms with van der Waals surface area (Å²) in [6.07, 6.45) is 1.60. The first-order valence-electron chi connectivity index (χ1n) is 7.59. The zero-order valence-electron chi connectivity index (χ0n) is 12.8. The molecule has 1 N–H and O–H groups in total. The van der Waals surface area contributed by atoms with Crippen LogP contribution in [0, 0.1) is 6.92 Å². The van der Waals surface area contributed by atoms with E-state index in [2.05, 4.69) is 36.1 Å². The predicted octanol–water partition coefficient (Wildman–Crippen LogP) is 3.02. The second kappa shape index (κ2) is 5.98. The molecule has 0 bridgehead atoms. The molecule has 0 aliphatic carbocycles. The van der Waals surface area contributed by atoms with Gasteiger partial charge in [0.15, 0.2) is 0 Å². The Morgan fingerprint density at radius 1 is 1.22 bits per heavy atom. The molecule has 4 rings (SSSR count). The van der Waals surface area contributed by atoms with E-state index in [0.717, 1.165) is 65.0 Å². The average molecular weight is 377 g/mol. The van der Waals surface area contributed by atoms with Crippen LogP contribution in [-0.4, -0.2) is 36.3 Å². The number of hydrogen-bond donors (Lipinski definition) is 1. The lowest BCUT2D eigenvalue weighted by molar-refractivity contribution is 0.122. The lowest BCUT2D eigenvalue weighted by atomic mass is 10.2. The molecule has 1 saturated heterocycles. The molecule has 23 heavy (non-hydrogen) atoms. The number of aryl methyl sites for hydroxylation is 1. The van der Waals surface area contributed by atoms with E-state index in [0.29, 0.717) is 6.61 Å². The van der Waals surface area contributed by atoms with Gasteiger partial charge in [-0.05, 0) is 24.6 Å². The fourth-order valence-corrected chi connectivity index (χ4v) is 3.55. The molecule has 1 aromatic heterocycles. The zero-order valence-corrected chi connectivity index (χ0v) is 14.4. The van der Waals surface area contributed by atoms with Crippen LogP contribution in [0.2, 0.25) is 0 Å². The Morgan fingerprint density at radius 2 is 2.04 bits per heavy atom. The highest BCUT2D eigenvalue weighted by molar-refractivity contribution is 9.10. The van der Waals surface area contributed by atoms with Gasteiger partial charge in [-0.15, -0.1) is 0 Å². The van der Waals surface area contributed by atoms with Crippen molar-refractivity contribution in [2.75, 3.05) is 36.5 Å². The van der Waals surface area contributed by atoms with Crippen LogP contribution >= 0.6 is 15.9 Å². The van der Waals surface area contributed by atoms with Gasteiger partial charge in [0, 0.05) is 17.6 Å². The maximum atomic E-state index is 6.07. The van der Waals surface area contributed by atoms with Crippen molar-refractivity contribution in [3.05, 3.63) is 34.1 Å². The number of halogens is 1. The van der Waals surface area contributed by atoms with Crippen LogP contribution in [0.3, 0.4) is 0 Å². The summed E-state index contributed by atoms with van der Waals surface area (Å²) in [5, 5.41) is 3.40. The number of nitrogens with zero attached hydrogens (tertiary/aromatic N) is 3. The normalized spacial score (nSPS) is 16.7. The van der Waals surface area contributed by atoms with Gasteiger partial charge in [-0.3, -0.25) is 0 Å². The fraction of sp³-hybridized carbons (Fsp3) is 0.375. The summed E-state index contributed by atoms with van der Waals surface area (Å²) in [6.45, 7) is 5.60. The van der Waals surface area contributed by atoms with Crippen molar-refractivity contribution >= 4 is 33.3 Å². The van der Waals surface area contributed by atoms with Gasteiger partial charge in [0.2, 0.25) is 0 Å². The van der Waals surface area contributed by atoms with Gasteiger partial charge in [-0.2, -0.15) is 0 Å². The van der Waals surface area contributed by atoms with E-state index in [1.807, 2.05) is 19.1 Å². The van der Waals surface area contributed by atoms with Crippen molar-refractivity contribution in [3.63, 3.8) is 0 Å². The second-order valence-corrected chi connectivity index (χ2v) is 6.55. The summed E-state index contributed by atoms with van der Waals surface area (Å²) >= 11 is 3.53. The topological polar surface area (TPSA) is 59.5 Å². The molecule has 120 valence electrons. The Kier molecular flexibility index (Phi) is 3.82. The van der Waals surface area contributed by atoms with Crippen LogP contribution in [0.4, 0.5) is 17.3 Å². The molecular weight excluding hydrogens is 360 g/mol. The van der Waals surface area contributed by atoms with Crippen LogP contribution in [0.15, 0.2) is 22.9 Å². The van der Waals surface area contributed by atoms with E-state index in [-0.39, 0.29) is 0 Å². The number of ether oxygens (including phenoxy) is 2. The van der Waals surface area contributed by atoms with Crippen molar-refractivity contribution in [2.24, 2.45) is 0 Å². The monoisotopic (exact) mass is 376 g/mol. The number of hydrogen-bond acceptors (Lipinski definition) is 6. The Labute approximate surface area is 143 Å². The molecule has 1 fully saturated rings. The number of rotatable bonds is 1. The fourth-order valence-electron chi connectivity index (χ4n) is 2.98. The average Bonchev–Trinajstić information content (AvgIpc) is 2.74. The first-order chi connectivity index (χ1) is 11.2. The molecule has 0 saturated carbocycles. The third-order valence-corrected chi connectivity index (χ3v) is 4.54. The summed E-state index contributed by atoms with van der Waals surface area (Å²) in [5.74, 6) is 2.59. The Morgan fingerprint density at radius 3 is 2.87 bits per heavy atom. The minimum atomic E-state index is 0.450. The summed E-state index contributed by atoms with van der Waals surface area (Å²) in [5.41, 5.74) is 2.99. The highest BCUT2D eigenvalue weighted by atomic mass is 79.9. The SMILES string of the molecule is Cc1cc(Br)cc2c1OCc1c(ncnc1N1CCOCC1)N2. The molecule has 7 heteroatoms. The number of benzene rings is 1. The van der Waals surface area contributed by atoms with Crippen molar-refractivity contribution in [3.8, 4) is 5.75 Å². The van der Waals surface area contributed by atoms with Crippen LogP contribution in [0.25, 0.3) is 0 Å². The van der Waals surface area contributed by atoms with E-state index >= 15 is 0 Å². The van der Waals surface area contributed by atoms with E-state index < -0.39 is 0 Å². The van der Waals surface area contributed by atoms with Gasteiger partial charge in [-0.25, -0.2) is 9.97 Å². The minimum absolute atomic E-state index is 0.450. The standard InChI is InChI=1S/C16H17BrN4O2/c1-10-6-11(17)7-13-14(10)23-8-12-15(20-13)18-9-19-16(12)21-2-4-22-5-3-21/h6-7,9H,2-5,8H2,1H3,(H,18,19,20).